The fourth-order valence-electron chi connectivity index (χ4n) is 0.776. The second-order valence-electron chi connectivity index (χ2n) is 4.40. The lowest BCUT2D eigenvalue weighted by molar-refractivity contribution is 0.472. The Labute approximate surface area is 95.9 Å². The normalized spacial score (nSPS) is 11.4. The van der Waals surface area contributed by atoms with Crippen LogP contribution in [0.3, 0.4) is 0 Å². The first kappa shape index (κ1) is 11.8. The van der Waals surface area contributed by atoms with Gasteiger partial charge in [-0.25, -0.2) is 0 Å². The molecule has 14 heavy (non-hydrogen) atoms. The molecule has 3 heteroatoms. The molecule has 0 saturated heterocycles. The first-order valence-corrected chi connectivity index (χ1v) is 5.92. The van der Waals surface area contributed by atoms with Gasteiger partial charge in [0.25, 0.3) is 0 Å². The van der Waals surface area contributed by atoms with Gasteiger partial charge in [0.05, 0.1) is 12.0 Å². The predicted octanol–water partition coefficient (Wildman–Crippen LogP) is 4.05. The van der Waals surface area contributed by atoms with Crippen LogP contribution in [0.2, 0.25) is 0 Å². The molecule has 0 amide bonds. The Kier molecular flexibility index (Phi) is 4.20. The van der Waals surface area contributed by atoms with Crippen LogP contribution in [0.1, 0.15) is 20.8 Å². The van der Waals surface area contributed by atoms with Gasteiger partial charge in [0, 0.05) is 10.6 Å². The number of thiol groups is 1. The highest BCUT2D eigenvalue weighted by molar-refractivity contribution is 7.95. The molecule has 0 fully saturated rings. The summed E-state index contributed by atoms with van der Waals surface area (Å²) in [4.78, 5) is 0.957. The molecule has 0 spiro atoms. The van der Waals surface area contributed by atoms with E-state index in [1.807, 2.05) is 24.3 Å². The summed E-state index contributed by atoms with van der Waals surface area (Å²) < 4.78 is 5.52. The van der Waals surface area contributed by atoms with E-state index in [0.717, 1.165) is 16.4 Å². The highest BCUT2D eigenvalue weighted by Gasteiger charge is 2.10. The molecule has 0 aromatic heterocycles. The van der Waals surface area contributed by atoms with Gasteiger partial charge in [0.1, 0.15) is 5.75 Å². The van der Waals surface area contributed by atoms with Gasteiger partial charge in [-0.3, -0.25) is 0 Å². The SMILES string of the molecule is CC(C)(C)CSOc1ccc(S)cc1. The van der Waals surface area contributed by atoms with Gasteiger partial charge >= 0.3 is 0 Å². The number of rotatable bonds is 3. The summed E-state index contributed by atoms with van der Waals surface area (Å²) in [5, 5.41) is 0. The molecule has 0 atom stereocenters. The fraction of sp³-hybridized carbons (Fsp3) is 0.455. The Balaban J connectivity index is 2.35. The van der Waals surface area contributed by atoms with Crippen molar-refractivity contribution < 1.29 is 4.18 Å². The van der Waals surface area contributed by atoms with Crippen molar-refractivity contribution in [1.29, 1.82) is 0 Å². The summed E-state index contributed by atoms with van der Waals surface area (Å²) in [5.41, 5.74) is 0.300. The summed E-state index contributed by atoms with van der Waals surface area (Å²) in [6, 6.07) is 7.71. The third kappa shape index (κ3) is 4.82. The molecule has 0 heterocycles. The van der Waals surface area contributed by atoms with Crippen molar-refractivity contribution in [3.8, 4) is 5.75 Å². The molecular weight excluding hydrogens is 212 g/mol. The molecule has 1 nitrogen and oxygen atoms in total. The number of hydrogen-bond acceptors (Lipinski definition) is 3. The summed E-state index contributed by atoms with van der Waals surface area (Å²) in [5.74, 6) is 1.87. The van der Waals surface area contributed by atoms with E-state index in [1.54, 1.807) is 0 Å². The van der Waals surface area contributed by atoms with Crippen LogP contribution in [0.25, 0.3) is 0 Å². The van der Waals surface area contributed by atoms with E-state index in [2.05, 4.69) is 33.4 Å². The van der Waals surface area contributed by atoms with Crippen molar-refractivity contribution in [2.75, 3.05) is 5.75 Å². The minimum absolute atomic E-state index is 0.300. The van der Waals surface area contributed by atoms with Gasteiger partial charge in [0.2, 0.25) is 0 Å². The van der Waals surface area contributed by atoms with Crippen LogP contribution >= 0.6 is 24.7 Å². The van der Waals surface area contributed by atoms with Gasteiger partial charge in [0.15, 0.2) is 0 Å². The highest BCUT2D eigenvalue weighted by Crippen LogP contribution is 2.24. The Morgan fingerprint density at radius 2 is 1.79 bits per heavy atom. The lowest BCUT2D eigenvalue weighted by Gasteiger charge is -2.16. The molecular formula is C11H16OS2. The Bertz CT molecular complexity index is 274. The van der Waals surface area contributed by atoms with Crippen LogP contribution in [0.4, 0.5) is 0 Å². The zero-order valence-electron chi connectivity index (χ0n) is 8.78. The molecule has 1 aromatic rings. The van der Waals surface area contributed by atoms with Crippen molar-refractivity contribution in [2.45, 2.75) is 25.7 Å². The zero-order chi connectivity index (χ0) is 10.6. The van der Waals surface area contributed by atoms with Crippen molar-refractivity contribution >= 4 is 24.7 Å². The largest absolute Gasteiger partial charge is 0.426 e. The molecule has 0 radical (unpaired) electrons. The van der Waals surface area contributed by atoms with Gasteiger partial charge in [-0.1, -0.05) is 20.8 Å². The zero-order valence-corrected chi connectivity index (χ0v) is 10.5. The second kappa shape index (κ2) is 4.99. The van der Waals surface area contributed by atoms with Crippen LogP contribution < -0.4 is 4.18 Å². The molecule has 0 N–H and O–H groups in total. The Morgan fingerprint density at radius 3 is 2.29 bits per heavy atom. The number of hydrogen-bond donors (Lipinski definition) is 1. The lowest BCUT2D eigenvalue weighted by Crippen LogP contribution is -2.09. The van der Waals surface area contributed by atoms with E-state index in [4.69, 9.17) is 4.18 Å². The quantitative estimate of drug-likeness (QED) is 0.617. The highest BCUT2D eigenvalue weighted by atomic mass is 32.2. The van der Waals surface area contributed by atoms with Gasteiger partial charge in [-0.05, 0) is 29.7 Å². The third-order valence-electron chi connectivity index (χ3n) is 1.48. The molecule has 0 unspecified atom stereocenters. The molecule has 78 valence electrons. The van der Waals surface area contributed by atoms with Gasteiger partial charge < -0.3 is 4.18 Å². The van der Waals surface area contributed by atoms with Crippen molar-refractivity contribution in [2.24, 2.45) is 5.41 Å². The Morgan fingerprint density at radius 1 is 1.21 bits per heavy atom. The molecule has 1 aromatic carbocycles. The smallest absolute Gasteiger partial charge is 0.137 e. The maximum absolute atomic E-state index is 5.52. The topological polar surface area (TPSA) is 9.23 Å². The average molecular weight is 228 g/mol. The first-order chi connectivity index (χ1) is 6.47. The molecule has 0 aliphatic rings. The van der Waals surface area contributed by atoms with Crippen LogP contribution in [-0.4, -0.2) is 5.75 Å². The fourth-order valence-corrected chi connectivity index (χ4v) is 1.58. The van der Waals surface area contributed by atoms with E-state index < -0.39 is 0 Å². The summed E-state index contributed by atoms with van der Waals surface area (Å²) in [6.07, 6.45) is 0. The van der Waals surface area contributed by atoms with Crippen LogP contribution in [0, 0.1) is 5.41 Å². The minimum atomic E-state index is 0.300. The second-order valence-corrected chi connectivity index (χ2v) is 5.61. The maximum atomic E-state index is 5.52. The van der Waals surface area contributed by atoms with Crippen LogP contribution in [0.5, 0.6) is 5.75 Å². The molecule has 0 saturated carbocycles. The van der Waals surface area contributed by atoms with Crippen LogP contribution in [-0.2, 0) is 0 Å². The van der Waals surface area contributed by atoms with E-state index in [9.17, 15) is 0 Å². The van der Waals surface area contributed by atoms with Gasteiger partial charge in [-0.15, -0.1) is 12.6 Å². The molecule has 1 rings (SSSR count). The van der Waals surface area contributed by atoms with E-state index in [0.29, 0.717) is 5.41 Å². The Hall–Kier alpha value is -0.280. The predicted molar refractivity (Wildman–Crippen MR) is 66.2 cm³/mol. The van der Waals surface area contributed by atoms with Gasteiger partial charge in [-0.2, -0.15) is 0 Å². The van der Waals surface area contributed by atoms with E-state index in [-0.39, 0.29) is 0 Å². The van der Waals surface area contributed by atoms with Crippen molar-refractivity contribution in [1.82, 2.24) is 0 Å². The standard InChI is InChI=1S/C11H16OS2/c1-11(2,3)8-14-12-9-4-6-10(13)7-5-9/h4-7,13H,8H2,1-3H3. The van der Waals surface area contributed by atoms with E-state index >= 15 is 0 Å². The first-order valence-electron chi connectivity index (χ1n) is 4.56. The van der Waals surface area contributed by atoms with Crippen LogP contribution in [0.15, 0.2) is 29.2 Å². The average Bonchev–Trinajstić information content (AvgIpc) is 2.06. The maximum Gasteiger partial charge on any atom is 0.137 e. The van der Waals surface area contributed by atoms with Crippen molar-refractivity contribution in [3.05, 3.63) is 24.3 Å². The molecule has 0 aliphatic carbocycles. The summed E-state index contributed by atoms with van der Waals surface area (Å²) in [7, 11) is 0. The molecule has 0 aliphatic heterocycles. The molecule has 0 bridgehead atoms. The summed E-state index contributed by atoms with van der Waals surface area (Å²) in [6.45, 7) is 6.58. The van der Waals surface area contributed by atoms with Crippen molar-refractivity contribution in [3.63, 3.8) is 0 Å². The monoisotopic (exact) mass is 228 g/mol. The lowest BCUT2D eigenvalue weighted by atomic mass is 10.0. The third-order valence-corrected chi connectivity index (χ3v) is 3.08. The van der Waals surface area contributed by atoms with E-state index in [1.165, 1.54) is 12.0 Å². The minimum Gasteiger partial charge on any atom is -0.426 e. The summed E-state index contributed by atoms with van der Waals surface area (Å²) >= 11 is 5.70. The number of benzene rings is 1.